The lowest BCUT2D eigenvalue weighted by atomic mass is 10.0. The third-order valence-corrected chi connectivity index (χ3v) is 6.28. The Labute approximate surface area is 152 Å². The summed E-state index contributed by atoms with van der Waals surface area (Å²) in [5.41, 5.74) is 1.86. The summed E-state index contributed by atoms with van der Waals surface area (Å²) in [5.74, 6) is 0.355. The number of fused-ring (bicyclic) bond motifs is 1. The smallest absolute Gasteiger partial charge is 0.273 e. The number of aromatic nitrogens is 3. The van der Waals surface area contributed by atoms with Crippen molar-refractivity contribution in [3.05, 3.63) is 40.9 Å². The van der Waals surface area contributed by atoms with Crippen molar-refractivity contribution in [2.24, 2.45) is 0 Å². The van der Waals surface area contributed by atoms with Gasteiger partial charge >= 0.3 is 0 Å². The maximum Gasteiger partial charge on any atom is 0.273 e. The number of carbonyl (C=O) groups excluding carboxylic acids is 1. The van der Waals surface area contributed by atoms with Crippen LogP contribution in [0.1, 0.15) is 41.6 Å². The molecule has 1 saturated heterocycles. The van der Waals surface area contributed by atoms with Crippen molar-refractivity contribution < 1.29 is 9.18 Å². The van der Waals surface area contributed by atoms with Gasteiger partial charge in [-0.3, -0.25) is 4.79 Å². The predicted molar refractivity (Wildman–Crippen MR) is 97.6 cm³/mol. The molecule has 130 valence electrons. The number of piperidine rings is 1. The highest BCUT2D eigenvalue weighted by atomic mass is 32.2. The number of hydrogen-bond donors (Lipinski definition) is 1. The van der Waals surface area contributed by atoms with E-state index in [2.05, 4.69) is 15.0 Å². The molecule has 1 atom stereocenters. The van der Waals surface area contributed by atoms with E-state index in [-0.39, 0.29) is 17.8 Å². The number of thioether (sulfide) groups is 1. The Morgan fingerprint density at radius 3 is 3.08 bits per heavy atom. The SMILES string of the molecule is CSc1nc(C(=O)N2CCCCC2c2nc3ccc(F)cc3[nH]2)cs1. The van der Waals surface area contributed by atoms with Crippen LogP contribution in [0.2, 0.25) is 0 Å². The quantitative estimate of drug-likeness (QED) is 0.694. The van der Waals surface area contributed by atoms with Crippen LogP contribution in [0.5, 0.6) is 0 Å². The molecule has 3 heterocycles. The van der Waals surface area contributed by atoms with Crippen molar-refractivity contribution in [2.75, 3.05) is 12.8 Å². The number of thiazole rings is 1. The zero-order chi connectivity index (χ0) is 17.4. The van der Waals surface area contributed by atoms with Gasteiger partial charge in [0.05, 0.1) is 17.1 Å². The van der Waals surface area contributed by atoms with Crippen LogP contribution in [0.3, 0.4) is 0 Å². The van der Waals surface area contributed by atoms with Crippen molar-refractivity contribution >= 4 is 40.0 Å². The van der Waals surface area contributed by atoms with Gasteiger partial charge in [0, 0.05) is 11.9 Å². The number of carbonyl (C=O) groups is 1. The average Bonchev–Trinajstić information content (AvgIpc) is 3.27. The molecule has 0 spiro atoms. The van der Waals surface area contributed by atoms with Gasteiger partial charge in [0.1, 0.15) is 21.7 Å². The number of hydrogen-bond acceptors (Lipinski definition) is 5. The molecule has 1 unspecified atom stereocenters. The van der Waals surface area contributed by atoms with Crippen molar-refractivity contribution in [3.8, 4) is 0 Å². The number of imidazole rings is 1. The fourth-order valence-electron chi connectivity index (χ4n) is 3.21. The Morgan fingerprint density at radius 1 is 1.40 bits per heavy atom. The summed E-state index contributed by atoms with van der Waals surface area (Å²) < 4.78 is 14.3. The van der Waals surface area contributed by atoms with Crippen LogP contribution in [-0.2, 0) is 0 Å². The zero-order valence-electron chi connectivity index (χ0n) is 13.7. The number of likely N-dealkylation sites (tertiary alicyclic amines) is 1. The highest BCUT2D eigenvalue weighted by Crippen LogP contribution is 2.32. The van der Waals surface area contributed by atoms with Crippen molar-refractivity contribution in [1.82, 2.24) is 19.9 Å². The summed E-state index contributed by atoms with van der Waals surface area (Å²) in [6.07, 6.45) is 4.79. The fourth-order valence-corrected chi connectivity index (χ4v) is 4.45. The van der Waals surface area contributed by atoms with Gasteiger partial charge in [0.25, 0.3) is 5.91 Å². The lowest BCUT2D eigenvalue weighted by Gasteiger charge is -2.34. The molecule has 1 aliphatic heterocycles. The molecule has 3 aromatic rings. The predicted octanol–water partition coefficient (Wildman–Crippen LogP) is 4.25. The summed E-state index contributed by atoms with van der Waals surface area (Å²) in [4.78, 5) is 27.0. The normalized spacial score (nSPS) is 18.0. The maximum absolute atomic E-state index is 13.4. The standard InChI is InChI=1S/C17H17FN4OS2/c1-24-17-21-13(9-25-17)16(23)22-7-3-2-4-14(22)15-19-11-6-5-10(18)8-12(11)20-15/h5-6,8-9,14H,2-4,7H2,1H3,(H,19,20). The summed E-state index contributed by atoms with van der Waals surface area (Å²) >= 11 is 3.02. The molecular weight excluding hydrogens is 359 g/mol. The van der Waals surface area contributed by atoms with Gasteiger partial charge in [-0.05, 0) is 43.7 Å². The van der Waals surface area contributed by atoms with Crippen molar-refractivity contribution in [3.63, 3.8) is 0 Å². The van der Waals surface area contributed by atoms with E-state index in [0.29, 0.717) is 29.1 Å². The number of rotatable bonds is 3. The highest BCUT2D eigenvalue weighted by molar-refractivity contribution is 8.00. The molecular formula is C17H17FN4OS2. The molecule has 0 aliphatic carbocycles. The van der Waals surface area contributed by atoms with Gasteiger partial charge < -0.3 is 9.88 Å². The van der Waals surface area contributed by atoms with E-state index in [1.807, 2.05) is 16.5 Å². The topological polar surface area (TPSA) is 61.9 Å². The van der Waals surface area contributed by atoms with Crippen LogP contribution >= 0.6 is 23.1 Å². The monoisotopic (exact) mass is 376 g/mol. The second-order valence-electron chi connectivity index (χ2n) is 6.00. The van der Waals surface area contributed by atoms with Gasteiger partial charge in [0.15, 0.2) is 0 Å². The molecule has 1 aliphatic rings. The first kappa shape index (κ1) is 16.5. The first-order chi connectivity index (χ1) is 12.2. The van der Waals surface area contributed by atoms with Gasteiger partial charge in [-0.2, -0.15) is 0 Å². The van der Waals surface area contributed by atoms with E-state index in [4.69, 9.17) is 0 Å². The molecule has 4 rings (SSSR count). The number of aromatic amines is 1. The van der Waals surface area contributed by atoms with Crippen LogP contribution in [0.4, 0.5) is 4.39 Å². The van der Waals surface area contributed by atoms with Crippen molar-refractivity contribution in [2.45, 2.75) is 29.6 Å². The molecule has 2 aromatic heterocycles. The number of amides is 1. The molecule has 1 amide bonds. The van der Waals surface area contributed by atoms with Gasteiger partial charge in [-0.25, -0.2) is 14.4 Å². The fraction of sp³-hybridized carbons (Fsp3) is 0.353. The largest absolute Gasteiger partial charge is 0.340 e. The maximum atomic E-state index is 13.4. The molecule has 8 heteroatoms. The minimum Gasteiger partial charge on any atom is -0.340 e. The molecule has 1 N–H and O–H groups in total. The van der Waals surface area contributed by atoms with Crippen LogP contribution < -0.4 is 0 Å². The van der Waals surface area contributed by atoms with Gasteiger partial charge in [-0.1, -0.05) is 11.8 Å². The summed E-state index contributed by atoms with van der Waals surface area (Å²) in [6, 6.07) is 4.36. The molecule has 5 nitrogen and oxygen atoms in total. The second kappa shape index (κ2) is 6.76. The Kier molecular flexibility index (Phi) is 4.47. The zero-order valence-corrected chi connectivity index (χ0v) is 15.3. The van der Waals surface area contributed by atoms with Gasteiger partial charge in [0.2, 0.25) is 0 Å². The average molecular weight is 376 g/mol. The van der Waals surface area contributed by atoms with Crippen LogP contribution in [-0.4, -0.2) is 38.6 Å². The van der Waals surface area contributed by atoms with Crippen molar-refractivity contribution in [1.29, 1.82) is 0 Å². The van der Waals surface area contributed by atoms with E-state index in [0.717, 1.165) is 23.6 Å². The Bertz CT molecular complexity index is 922. The number of benzene rings is 1. The summed E-state index contributed by atoms with van der Waals surface area (Å²) in [7, 11) is 0. The Hall–Kier alpha value is -1.93. The number of halogens is 1. The number of nitrogens with zero attached hydrogens (tertiary/aromatic N) is 3. The van der Waals surface area contributed by atoms with E-state index in [1.165, 1.54) is 35.2 Å². The molecule has 1 aromatic carbocycles. The molecule has 0 saturated carbocycles. The molecule has 0 bridgehead atoms. The number of H-pyrrole nitrogens is 1. The minimum absolute atomic E-state index is 0.0621. The molecule has 25 heavy (non-hydrogen) atoms. The number of nitrogens with one attached hydrogen (secondary N) is 1. The first-order valence-electron chi connectivity index (χ1n) is 8.11. The van der Waals surface area contributed by atoms with E-state index in [9.17, 15) is 9.18 Å². The second-order valence-corrected chi connectivity index (χ2v) is 7.91. The molecule has 0 radical (unpaired) electrons. The van der Waals surface area contributed by atoms with Crippen LogP contribution in [0.25, 0.3) is 11.0 Å². The van der Waals surface area contributed by atoms with Gasteiger partial charge in [-0.15, -0.1) is 11.3 Å². The minimum atomic E-state index is -0.300. The highest BCUT2D eigenvalue weighted by Gasteiger charge is 2.31. The van der Waals surface area contributed by atoms with E-state index < -0.39 is 0 Å². The molecule has 1 fully saturated rings. The van der Waals surface area contributed by atoms with Crippen LogP contribution in [0.15, 0.2) is 27.9 Å². The lowest BCUT2D eigenvalue weighted by molar-refractivity contribution is 0.0595. The van der Waals surface area contributed by atoms with E-state index in [1.54, 1.807) is 6.07 Å². The first-order valence-corrected chi connectivity index (χ1v) is 10.2. The Morgan fingerprint density at radius 2 is 2.28 bits per heavy atom. The van der Waals surface area contributed by atoms with E-state index >= 15 is 0 Å². The third-order valence-electron chi connectivity index (χ3n) is 4.42. The summed E-state index contributed by atoms with van der Waals surface area (Å²) in [6.45, 7) is 0.682. The third kappa shape index (κ3) is 3.16. The lowest BCUT2D eigenvalue weighted by Crippen LogP contribution is -2.39. The van der Waals surface area contributed by atoms with Crippen LogP contribution in [0, 0.1) is 5.82 Å². The summed E-state index contributed by atoms with van der Waals surface area (Å²) in [5, 5.41) is 1.81. The Balaban J connectivity index is 1.66.